The monoisotopic (exact) mass is 477 g/mol. The Morgan fingerprint density at radius 1 is 1.38 bits per heavy atom. The van der Waals surface area contributed by atoms with E-state index in [1.807, 2.05) is 12.1 Å². The molecule has 2 aromatic rings. The van der Waals surface area contributed by atoms with E-state index in [2.05, 4.69) is 65.2 Å². The van der Waals surface area contributed by atoms with Crippen molar-refractivity contribution in [1.82, 2.24) is 5.43 Å². The van der Waals surface area contributed by atoms with Crippen LogP contribution in [0.1, 0.15) is 54.6 Å². The van der Waals surface area contributed by atoms with Crippen LogP contribution in [0.4, 0.5) is 5.69 Å². The van der Waals surface area contributed by atoms with Crippen molar-refractivity contribution in [3.8, 4) is 5.75 Å². The van der Waals surface area contributed by atoms with Gasteiger partial charge in [-0.05, 0) is 62.1 Å². The summed E-state index contributed by atoms with van der Waals surface area (Å²) >= 11 is 9.88. The van der Waals surface area contributed by atoms with Crippen molar-refractivity contribution >= 4 is 45.3 Å². The third-order valence-corrected chi connectivity index (χ3v) is 6.35. The number of halogens is 2. The molecule has 1 atom stereocenters. The second-order valence-corrected chi connectivity index (χ2v) is 9.28. The molecule has 7 heteroatoms. The molecule has 0 unspecified atom stereocenters. The van der Waals surface area contributed by atoms with Crippen LogP contribution in [-0.4, -0.2) is 31.8 Å². The lowest BCUT2D eigenvalue weighted by Crippen LogP contribution is -2.45. The molecular weight excluding hydrogens is 454 g/mol. The van der Waals surface area contributed by atoms with Crippen molar-refractivity contribution in [1.29, 1.82) is 0 Å². The highest BCUT2D eigenvalue weighted by atomic mass is 79.9. The number of hydrogen-bond donors (Lipinski definition) is 1. The maximum Gasteiger partial charge on any atom is 0.275 e. The van der Waals surface area contributed by atoms with Gasteiger partial charge in [-0.2, -0.15) is 5.10 Å². The van der Waals surface area contributed by atoms with E-state index in [0.717, 1.165) is 22.1 Å². The van der Waals surface area contributed by atoms with E-state index in [4.69, 9.17) is 16.3 Å². The summed E-state index contributed by atoms with van der Waals surface area (Å²) in [5.41, 5.74) is 6.16. The first-order valence-electron chi connectivity index (χ1n) is 9.38. The number of rotatable bonds is 4. The molecule has 0 fully saturated rings. The zero-order valence-electron chi connectivity index (χ0n) is 17.2. The third kappa shape index (κ3) is 4.43. The highest BCUT2D eigenvalue weighted by Crippen LogP contribution is 2.44. The molecule has 0 saturated carbocycles. The molecule has 0 saturated heterocycles. The molecular formula is C22H25BrClN3O2. The van der Waals surface area contributed by atoms with Crippen molar-refractivity contribution in [3.63, 3.8) is 0 Å². The van der Waals surface area contributed by atoms with E-state index >= 15 is 0 Å². The molecule has 1 N–H and O–H groups in total. The number of hydrogen-bond acceptors (Lipinski definition) is 4. The maximum absolute atomic E-state index is 12.5. The first-order valence-corrected chi connectivity index (χ1v) is 10.6. The smallest absolute Gasteiger partial charge is 0.275 e. The summed E-state index contributed by atoms with van der Waals surface area (Å²) in [6, 6.07) is 9.26. The van der Waals surface area contributed by atoms with Crippen LogP contribution in [0.25, 0.3) is 0 Å². The van der Waals surface area contributed by atoms with Crippen LogP contribution in [0.5, 0.6) is 5.75 Å². The Balaban J connectivity index is 1.83. The molecule has 0 radical (unpaired) electrons. The van der Waals surface area contributed by atoms with Crippen molar-refractivity contribution in [2.75, 3.05) is 19.1 Å². The van der Waals surface area contributed by atoms with Crippen molar-refractivity contribution < 1.29 is 9.53 Å². The Morgan fingerprint density at radius 2 is 2.10 bits per heavy atom. The van der Waals surface area contributed by atoms with E-state index < -0.39 is 0 Å². The normalized spacial score (nSPS) is 17.9. The Kier molecular flexibility index (Phi) is 6.24. The number of hydrazone groups is 1. The Morgan fingerprint density at radius 3 is 2.79 bits per heavy atom. The Labute approximate surface area is 185 Å². The highest BCUT2D eigenvalue weighted by molar-refractivity contribution is 9.10. The van der Waals surface area contributed by atoms with Gasteiger partial charge in [0, 0.05) is 28.3 Å². The molecule has 1 heterocycles. The van der Waals surface area contributed by atoms with Crippen LogP contribution in [-0.2, 0) is 0 Å². The number of carbonyl (C=O) groups is 1. The quantitative estimate of drug-likeness (QED) is 0.460. The van der Waals surface area contributed by atoms with Gasteiger partial charge in [0.15, 0.2) is 0 Å². The fraction of sp³-hybridized carbons (Fsp3) is 0.364. The zero-order chi connectivity index (χ0) is 21.3. The molecule has 0 bridgehead atoms. The molecule has 0 spiro atoms. The van der Waals surface area contributed by atoms with Gasteiger partial charge in [-0.1, -0.05) is 34.5 Å². The lowest BCUT2D eigenvalue weighted by Gasteiger charge is -2.45. The number of fused-ring (bicyclic) bond motifs is 1. The van der Waals surface area contributed by atoms with Crippen LogP contribution in [0.3, 0.4) is 0 Å². The molecule has 1 aliphatic heterocycles. The van der Waals surface area contributed by atoms with Crippen molar-refractivity contribution in [3.05, 3.63) is 56.5 Å². The average Bonchev–Trinajstić information content (AvgIpc) is 2.66. The van der Waals surface area contributed by atoms with E-state index in [-0.39, 0.29) is 11.4 Å². The largest absolute Gasteiger partial charge is 0.496 e. The maximum atomic E-state index is 12.5. The van der Waals surface area contributed by atoms with E-state index in [1.165, 1.54) is 12.7 Å². The number of amides is 1. The van der Waals surface area contributed by atoms with E-state index in [1.54, 1.807) is 18.3 Å². The number of carbonyl (C=O) groups excluding carboxylic acids is 1. The van der Waals surface area contributed by atoms with Gasteiger partial charge in [0.2, 0.25) is 0 Å². The van der Waals surface area contributed by atoms with Crippen LogP contribution in [0.15, 0.2) is 39.9 Å². The van der Waals surface area contributed by atoms with Gasteiger partial charge in [-0.3, -0.25) is 4.79 Å². The van der Waals surface area contributed by atoms with E-state index in [9.17, 15) is 4.79 Å². The number of nitrogens with one attached hydrogen (secondary N) is 1. The molecule has 1 amide bonds. The summed E-state index contributed by atoms with van der Waals surface area (Å²) in [4.78, 5) is 14.8. The summed E-state index contributed by atoms with van der Waals surface area (Å²) in [6.07, 6.45) is 2.63. The van der Waals surface area contributed by atoms with E-state index in [0.29, 0.717) is 22.3 Å². The number of ether oxygens (including phenoxy) is 1. The van der Waals surface area contributed by atoms with Gasteiger partial charge in [0.05, 0.1) is 23.9 Å². The Bertz CT molecular complexity index is 975. The van der Waals surface area contributed by atoms with Gasteiger partial charge in [-0.25, -0.2) is 5.43 Å². The number of nitrogens with zero attached hydrogens (tertiary/aromatic N) is 2. The fourth-order valence-corrected chi connectivity index (χ4v) is 4.35. The predicted molar refractivity (Wildman–Crippen MR) is 123 cm³/mol. The van der Waals surface area contributed by atoms with Crippen LogP contribution in [0.2, 0.25) is 5.02 Å². The van der Waals surface area contributed by atoms with Gasteiger partial charge in [0.25, 0.3) is 5.91 Å². The molecule has 1 aliphatic rings. The lowest BCUT2D eigenvalue weighted by atomic mass is 9.80. The number of benzene rings is 2. The minimum absolute atomic E-state index is 0.0718. The van der Waals surface area contributed by atoms with Gasteiger partial charge >= 0.3 is 0 Å². The number of methoxy groups -OCH3 is 1. The first kappa shape index (κ1) is 21.7. The van der Waals surface area contributed by atoms with Gasteiger partial charge in [-0.15, -0.1) is 0 Å². The minimum atomic E-state index is -0.358. The van der Waals surface area contributed by atoms with Gasteiger partial charge < -0.3 is 9.64 Å². The highest BCUT2D eigenvalue weighted by Gasteiger charge is 2.34. The summed E-state index contributed by atoms with van der Waals surface area (Å²) in [5.74, 6) is 0.525. The lowest BCUT2D eigenvalue weighted by molar-refractivity contribution is 0.0952. The molecule has 154 valence electrons. The molecule has 2 aromatic carbocycles. The third-order valence-electron chi connectivity index (χ3n) is 5.53. The van der Waals surface area contributed by atoms with Crippen molar-refractivity contribution in [2.45, 2.75) is 38.6 Å². The van der Waals surface area contributed by atoms with Crippen molar-refractivity contribution in [2.24, 2.45) is 5.10 Å². The summed E-state index contributed by atoms with van der Waals surface area (Å²) in [7, 11) is 3.62. The summed E-state index contributed by atoms with van der Waals surface area (Å²) in [5, 5.41) is 4.71. The second kappa shape index (κ2) is 8.36. The zero-order valence-corrected chi connectivity index (χ0v) is 19.6. The van der Waals surface area contributed by atoms with Crippen LogP contribution in [0, 0.1) is 0 Å². The molecule has 0 aliphatic carbocycles. The van der Waals surface area contributed by atoms with Gasteiger partial charge in [0.1, 0.15) is 5.75 Å². The fourth-order valence-electron chi connectivity index (χ4n) is 3.78. The molecule has 3 rings (SSSR count). The Hall–Kier alpha value is -2.05. The topological polar surface area (TPSA) is 53.9 Å². The standard InChI is InChI=1S/C22H25BrClN3O2/c1-13-11-22(2,3)27(4)19-10-18(24)14(8-16(13)19)12-25-26-21(28)17-9-15(23)6-7-20(17)29-5/h6-10,12-13H,11H2,1-5H3,(H,26,28)/b25-12-/t13-/m0/s1. The minimum Gasteiger partial charge on any atom is -0.496 e. The summed E-state index contributed by atoms with van der Waals surface area (Å²) in [6.45, 7) is 6.70. The van der Waals surface area contributed by atoms with Crippen LogP contribution >= 0.6 is 27.5 Å². The molecule has 0 aromatic heterocycles. The predicted octanol–water partition coefficient (Wildman–Crippen LogP) is 5.60. The average molecular weight is 479 g/mol. The second-order valence-electron chi connectivity index (χ2n) is 7.95. The summed E-state index contributed by atoms with van der Waals surface area (Å²) < 4.78 is 6.03. The molecule has 5 nitrogen and oxygen atoms in total. The number of anilines is 1. The first-order chi connectivity index (χ1) is 13.6. The molecule has 29 heavy (non-hydrogen) atoms. The van der Waals surface area contributed by atoms with Crippen LogP contribution < -0.4 is 15.1 Å². The SMILES string of the molecule is COc1ccc(Br)cc1C(=O)N/N=C\c1cc2c(cc1Cl)N(C)C(C)(C)C[C@@H]2C.